The van der Waals surface area contributed by atoms with Crippen molar-refractivity contribution >= 4 is 0 Å². The molecule has 60 valence electrons. The number of halogens is 1. The number of alkyl halides is 1. The molecular weight excluding hydrogens is 129 g/mol. The average Bonchev–Trinajstić information content (AvgIpc) is 2.05. The van der Waals surface area contributed by atoms with Gasteiger partial charge in [0.1, 0.15) is 6.67 Å². The smallest absolute Gasteiger partial charge is 0.105 e. The van der Waals surface area contributed by atoms with Crippen molar-refractivity contribution in [2.24, 2.45) is 11.7 Å². The Morgan fingerprint density at radius 2 is 1.90 bits per heavy atom. The van der Waals surface area contributed by atoms with Gasteiger partial charge in [-0.2, -0.15) is 0 Å². The zero-order valence-corrected chi connectivity index (χ0v) is 6.35. The molecule has 1 fully saturated rings. The largest absolute Gasteiger partial charge is 0.325 e. The lowest BCUT2D eigenvalue weighted by atomic mass is 9.85. The highest BCUT2D eigenvalue weighted by Crippen LogP contribution is 2.25. The highest BCUT2D eigenvalue weighted by Gasteiger charge is 2.19. The van der Waals surface area contributed by atoms with Gasteiger partial charge in [-0.25, -0.2) is 4.39 Å². The molecule has 1 aliphatic rings. The van der Waals surface area contributed by atoms with Gasteiger partial charge in [0.05, 0.1) is 0 Å². The van der Waals surface area contributed by atoms with E-state index in [0.717, 1.165) is 12.8 Å². The van der Waals surface area contributed by atoms with Crippen LogP contribution in [0.2, 0.25) is 0 Å². The van der Waals surface area contributed by atoms with E-state index in [-0.39, 0.29) is 12.7 Å². The summed E-state index contributed by atoms with van der Waals surface area (Å²) in [6.45, 7) is -0.343. The van der Waals surface area contributed by atoms with E-state index in [2.05, 4.69) is 0 Å². The predicted molar refractivity (Wildman–Crippen MR) is 40.5 cm³/mol. The summed E-state index contributed by atoms with van der Waals surface area (Å²) < 4.78 is 12.0. The summed E-state index contributed by atoms with van der Waals surface area (Å²) in [5, 5.41) is 0. The molecule has 0 saturated heterocycles. The SMILES string of the molecule is N[C@H](CF)C1CCCCC1. The van der Waals surface area contributed by atoms with Crippen LogP contribution in [0.4, 0.5) is 4.39 Å². The minimum Gasteiger partial charge on any atom is -0.325 e. The lowest BCUT2D eigenvalue weighted by molar-refractivity contribution is 0.265. The van der Waals surface area contributed by atoms with E-state index in [1.807, 2.05) is 0 Å². The van der Waals surface area contributed by atoms with Crippen LogP contribution in [0.15, 0.2) is 0 Å². The van der Waals surface area contributed by atoms with Crippen LogP contribution in [0.25, 0.3) is 0 Å². The zero-order chi connectivity index (χ0) is 7.40. The van der Waals surface area contributed by atoms with Gasteiger partial charge in [-0.05, 0) is 18.8 Å². The zero-order valence-electron chi connectivity index (χ0n) is 6.35. The first-order chi connectivity index (χ1) is 4.84. The first kappa shape index (κ1) is 7.99. The quantitative estimate of drug-likeness (QED) is 0.630. The summed E-state index contributed by atoms with van der Waals surface area (Å²) in [7, 11) is 0. The Morgan fingerprint density at radius 1 is 1.30 bits per heavy atom. The van der Waals surface area contributed by atoms with Gasteiger partial charge >= 0.3 is 0 Å². The Balaban J connectivity index is 2.24. The molecule has 0 aromatic heterocycles. The van der Waals surface area contributed by atoms with Gasteiger partial charge in [-0.15, -0.1) is 0 Å². The molecule has 0 aromatic rings. The van der Waals surface area contributed by atoms with Crippen LogP contribution in [-0.4, -0.2) is 12.7 Å². The lowest BCUT2D eigenvalue weighted by Crippen LogP contribution is -2.33. The van der Waals surface area contributed by atoms with Crippen molar-refractivity contribution < 1.29 is 4.39 Å². The standard InChI is InChI=1S/C8H16FN/c9-6-8(10)7-4-2-1-3-5-7/h7-8H,1-6,10H2/t8-/m1/s1. The Kier molecular flexibility index (Phi) is 3.13. The second kappa shape index (κ2) is 3.91. The van der Waals surface area contributed by atoms with E-state index in [9.17, 15) is 4.39 Å². The molecule has 0 bridgehead atoms. The number of hydrogen-bond acceptors (Lipinski definition) is 1. The van der Waals surface area contributed by atoms with Crippen LogP contribution >= 0.6 is 0 Å². The summed E-state index contributed by atoms with van der Waals surface area (Å²) in [5.74, 6) is 0.471. The Labute approximate surface area is 61.8 Å². The number of rotatable bonds is 2. The molecule has 1 atom stereocenters. The molecule has 1 nitrogen and oxygen atoms in total. The van der Waals surface area contributed by atoms with E-state index in [1.165, 1.54) is 19.3 Å². The summed E-state index contributed by atoms with van der Waals surface area (Å²) in [6.07, 6.45) is 6.10. The van der Waals surface area contributed by atoms with E-state index in [0.29, 0.717) is 5.92 Å². The summed E-state index contributed by atoms with van der Waals surface area (Å²) >= 11 is 0. The van der Waals surface area contributed by atoms with Crippen molar-refractivity contribution in [3.8, 4) is 0 Å². The van der Waals surface area contributed by atoms with Crippen molar-refractivity contribution in [3.63, 3.8) is 0 Å². The van der Waals surface area contributed by atoms with Crippen molar-refractivity contribution in [2.75, 3.05) is 6.67 Å². The third kappa shape index (κ3) is 1.94. The molecule has 2 N–H and O–H groups in total. The van der Waals surface area contributed by atoms with E-state index in [1.54, 1.807) is 0 Å². The van der Waals surface area contributed by atoms with Gasteiger partial charge in [0.15, 0.2) is 0 Å². The highest BCUT2D eigenvalue weighted by atomic mass is 19.1. The van der Waals surface area contributed by atoms with Crippen molar-refractivity contribution in [2.45, 2.75) is 38.1 Å². The second-order valence-corrected chi connectivity index (χ2v) is 3.22. The average molecular weight is 145 g/mol. The third-order valence-electron chi connectivity index (χ3n) is 2.43. The molecule has 0 aromatic carbocycles. The molecule has 0 aliphatic heterocycles. The second-order valence-electron chi connectivity index (χ2n) is 3.22. The third-order valence-corrected chi connectivity index (χ3v) is 2.43. The minimum atomic E-state index is -0.343. The highest BCUT2D eigenvalue weighted by molar-refractivity contribution is 4.75. The van der Waals surface area contributed by atoms with Crippen molar-refractivity contribution in [1.29, 1.82) is 0 Å². The lowest BCUT2D eigenvalue weighted by Gasteiger charge is -2.25. The number of nitrogens with two attached hydrogens (primary N) is 1. The van der Waals surface area contributed by atoms with Crippen LogP contribution in [0.1, 0.15) is 32.1 Å². The summed E-state index contributed by atoms with van der Waals surface area (Å²) in [4.78, 5) is 0. The van der Waals surface area contributed by atoms with Gasteiger partial charge in [0.25, 0.3) is 0 Å². The fourth-order valence-corrected chi connectivity index (χ4v) is 1.69. The fourth-order valence-electron chi connectivity index (χ4n) is 1.69. The first-order valence-electron chi connectivity index (χ1n) is 4.16. The summed E-state index contributed by atoms with van der Waals surface area (Å²) in [6, 6.07) is -0.180. The van der Waals surface area contributed by atoms with Crippen LogP contribution in [0.5, 0.6) is 0 Å². The van der Waals surface area contributed by atoms with E-state index >= 15 is 0 Å². The van der Waals surface area contributed by atoms with Crippen molar-refractivity contribution in [3.05, 3.63) is 0 Å². The van der Waals surface area contributed by atoms with Gasteiger partial charge in [0, 0.05) is 6.04 Å². The molecule has 0 unspecified atom stereocenters. The minimum absolute atomic E-state index is 0.180. The maximum atomic E-state index is 12.0. The Morgan fingerprint density at radius 3 is 2.40 bits per heavy atom. The molecule has 1 rings (SSSR count). The molecule has 0 amide bonds. The van der Waals surface area contributed by atoms with Gasteiger partial charge in [-0.3, -0.25) is 0 Å². The molecule has 0 radical (unpaired) electrons. The van der Waals surface area contributed by atoms with Crippen molar-refractivity contribution in [1.82, 2.24) is 0 Å². The topological polar surface area (TPSA) is 26.0 Å². The van der Waals surface area contributed by atoms with Crippen LogP contribution < -0.4 is 5.73 Å². The Bertz CT molecular complexity index is 89.3. The van der Waals surface area contributed by atoms with Crippen LogP contribution in [0.3, 0.4) is 0 Å². The molecule has 1 aliphatic carbocycles. The molecular formula is C8H16FN. The normalized spacial score (nSPS) is 24.6. The fraction of sp³-hybridized carbons (Fsp3) is 1.00. The van der Waals surface area contributed by atoms with Gasteiger partial charge < -0.3 is 5.73 Å². The van der Waals surface area contributed by atoms with E-state index < -0.39 is 0 Å². The summed E-state index contributed by atoms with van der Waals surface area (Å²) in [5.41, 5.74) is 5.57. The maximum Gasteiger partial charge on any atom is 0.105 e. The molecule has 2 heteroatoms. The molecule has 0 spiro atoms. The van der Waals surface area contributed by atoms with Gasteiger partial charge in [-0.1, -0.05) is 19.3 Å². The van der Waals surface area contributed by atoms with Crippen LogP contribution in [0, 0.1) is 5.92 Å². The Hall–Kier alpha value is -0.110. The number of hydrogen-bond donors (Lipinski definition) is 1. The van der Waals surface area contributed by atoms with Crippen LogP contribution in [-0.2, 0) is 0 Å². The molecule has 10 heavy (non-hydrogen) atoms. The van der Waals surface area contributed by atoms with E-state index in [4.69, 9.17) is 5.73 Å². The monoisotopic (exact) mass is 145 g/mol. The van der Waals surface area contributed by atoms with Gasteiger partial charge in [0.2, 0.25) is 0 Å². The maximum absolute atomic E-state index is 12.0. The molecule has 1 saturated carbocycles. The predicted octanol–water partition coefficient (Wildman–Crippen LogP) is 1.86. The molecule has 0 heterocycles. The first-order valence-corrected chi connectivity index (χ1v) is 4.16.